The van der Waals surface area contributed by atoms with Gasteiger partial charge in [-0.1, -0.05) is 30.3 Å². The molecule has 1 aliphatic heterocycles. The first-order chi connectivity index (χ1) is 12.7. The number of imidazole rings is 1. The molecule has 0 aliphatic carbocycles. The zero-order valence-electron chi connectivity index (χ0n) is 14.5. The molecule has 1 aliphatic rings. The molecule has 1 fully saturated rings. The van der Waals surface area contributed by atoms with Crippen LogP contribution in [0.25, 0.3) is 5.82 Å². The van der Waals surface area contributed by atoms with Gasteiger partial charge in [0.05, 0.1) is 12.0 Å². The van der Waals surface area contributed by atoms with Crippen molar-refractivity contribution in [2.24, 2.45) is 5.92 Å². The van der Waals surface area contributed by atoms with Gasteiger partial charge < -0.3 is 10.2 Å². The fourth-order valence-electron chi connectivity index (χ4n) is 3.03. The van der Waals surface area contributed by atoms with Crippen LogP contribution in [0, 0.1) is 5.92 Å². The van der Waals surface area contributed by atoms with E-state index in [1.807, 2.05) is 54.1 Å². The Bertz CT molecular complexity index is 874. The Kier molecular flexibility index (Phi) is 4.35. The van der Waals surface area contributed by atoms with Gasteiger partial charge in [-0.05, 0) is 12.5 Å². The molecular formula is C19H20N6O. The molecule has 1 amide bonds. The van der Waals surface area contributed by atoms with Gasteiger partial charge in [0.15, 0.2) is 0 Å². The summed E-state index contributed by atoms with van der Waals surface area (Å²) in [5.74, 6) is 1.65. The summed E-state index contributed by atoms with van der Waals surface area (Å²) in [6.07, 6.45) is 6.78. The molecular weight excluding hydrogens is 328 g/mol. The number of carbonyl (C=O) groups excluding carboxylic acids is 1. The van der Waals surface area contributed by atoms with Gasteiger partial charge in [-0.25, -0.2) is 15.0 Å². The number of hydrogen-bond donors (Lipinski definition) is 1. The Morgan fingerprint density at radius 1 is 1.19 bits per heavy atom. The lowest BCUT2D eigenvalue weighted by atomic mass is 9.98. The minimum atomic E-state index is -0.0205. The van der Waals surface area contributed by atoms with Gasteiger partial charge in [-0.3, -0.25) is 9.36 Å². The van der Waals surface area contributed by atoms with Crippen LogP contribution >= 0.6 is 0 Å². The van der Waals surface area contributed by atoms with Gasteiger partial charge in [0.2, 0.25) is 5.91 Å². The zero-order chi connectivity index (χ0) is 17.9. The summed E-state index contributed by atoms with van der Waals surface area (Å²) < 4.78 is 1.83. The predicted molar refractivity (Wildman–Crippen MR) is 97.9 cm³/mol. The van der Waals surface area contributed by atoms with E-state index in [2.05, 4.69) is 25.2 Å². The van der Waals surface area contributed by atoms with E-state index in [9.17, 15) is 4.79 Å². The minimum absolute atomic E-state index is 0.00430. The van der Waals surface area contributed by atoms with Crippen molar-refractivity contribution in [1.82, 2.24) is 24.8 Å². The Labute approximate surface area is 151 Å². The van der Waals surface area contributed by atoms with Crippen molar-refractivity contribution in [3.8, 4) is 5.82 Å². The van der Waals surface area contributed by atoms with Crippen LogP contribution in [0.4, 0.5) is 5.82 Å². The maximum Gasteiger partial charge on any atom is 0.227 e. The molecule has 4 rings (SSSR count). The molecule has 26 heavy (non-hydrogen) atoms. The number of rotatable bonds is 5. The number of nitrogens with zero attached hydrogens (tertiary/aromatic N) is 5. The fraction of sp³-hybridized carbons (Fsp3) is 0.263. The van der Waals surface area contributed by atoms with Crippen molar-refractivity contribution in [3.63, 3.8) is 0 Å². The molecule has 132 valence electrons. The Morgan fingerprint density at radius 3 is 2.69 bits per heavy atom. The molecule has 7 nitrogen and oxygen atoms in total. The van der Waals surface area contributed by atoms with Gasteiger partial charge in [0.1, 0.15) is 24.3 Å². The van der Waals surface area contributed by atoms with E-state index in [-0.39, 0.29) is 17.9 Å². The van der Waals surface area contributed by atoms with Gasteiger partial charge >= 0.3 is 0 Å². The van der Waals surface area contributed by atoms with Crippen molar-refractivity contribution >= 4 is 11.7 Å². The summed E-state index contributed by atoms with van der Waals surface area (Å²) in [5.41, 5.74) is 1.11. The standard InChI is InChI=1S/C19H20N6O/c1-14(15-5-3-2-4-6-15)23-19(26)16-10-25(11-16)18-9-17(21-12-22-18)24-8-7-20-13-24/h2-9,12-14,16H,10-11H2,1H3,(H,23,26)/t14-/m0/s1. The van der Waals surface area contributed by atoms with Crippen LogP contribution in [0.1, 0.15) is 18.5 Å². The number of aromatic nitrogens is 4. The van der Waals surface area contributed by atoms with Crippen LogP contribution in [0.15, 0.2) is 61.4 Å². The molecule has 0 saturated carbocycles. The van der Waals surface area contributed by atoms with Crippen molar-refractivity contribution in [1.29, 1.82) is 0 Å². The number of anilines is 1. The van der Waals surface area contributed by atoms with E-state index in [0.29, 0.717) is 13.1 Å². The lowest BCUT2D eigenvalue weighted by Crippen LogP contribution is -2.54. The van der Waals surface area contributed by atoms with Gasteiger partial charge in [0.25, 0.3) is 0 Å². The number of benzene rings is 1. The topological polar surface area (TPSA) is 75.9 Å². The molecule has 0 radical (unpaired) electrons. The maximum absolute atomic E-state index is 12.5. The monoisotopic (exact) mass is 348 g/mol. The minimum Gasteiger partial charge on any atom is -0.355 e. The van der Waals surface area contributed by atoms with Crippen LogP contribution in [0.2, 0.25) is 0 Å². The first-order valence-corrected chi connectivity index (χ1v) is 8.61. The van der Waals surface area contributed by atoms with E-state index in [0.717, 1.165) is 17.2 Å². The maximum atomic E-state index is 12.5. The molecule has 7 heteroatoms. The van der Waals surface area contributed by atoms with Crippen molar-refractivity contribution in [2.45, 2.75) is 13.0 Å². The molecule has 3 heterocycles. The highest BCUT2D eigenvalue weighted by Gasteiger charge is 2.34. The lowest BCUT2D eigenvalue weighted by molar-refractivity contribution is -0.126. The molecule has 0 spiro atoms. The van der Waals surface area contributed by atoms with Crippen LogP contribution in [0.5, 0.6) is 0 Å². The zero-order valence-corrected chi connectivity index (χ0v) is 14.5. The van der Waals surface area contributed by atoms with E-state index in [1.54, 1.807) is 12.5 Å². The van der Waals surface area contributed by atoms with E-state index >= 15 is 0 Å². The summed E-state index contributed by atoms with van der Waals surface area (Å²) in [6.45, 7) is 3.33. The summed E-state index contributed by atoms with van der Waals surface area (Å²) in [7, 11) is 0. The average molecular weight is 348 g/mol. The van der Waals surface area contributed by atoms with E-state index in [4.69, 9.17) is 0 Å². The summed E-state index contributed by atoms with van der Waals surface area (Å²) in [5, 5.41) is 3.09. The van der Waals surface area contributed by atoms with Crippen LogP contribution in [-0.2, 0) is 4.79 Å². The van der Waals surface area contributed by atoms with Crippen molar-refractivity contribution in [3.05, 3.63) is 67.0 Å². The lowest BCUT2D eigenvalue weighted by Gasteiger charge is -2.39. The van der Waals surface area contributed by atoms with Gasteiger partial charge in [-0.15, -0.1) is 0 Å². The first kappa shape index (κ1) is 16.3. The molecule has 1 saturated heterocycles. The first-order valence-electron chi connectivity index (χ1n) is 8.61. The van der Waals surface area contributed by atoms with E-state index in [1.165, 1.54) is 6.33 Å². The SMILES string of the molecule is C[C@H](NC(=O)C1CN(c2cc(-n3ccnc3)ncn2)C1)c1ccccc1. The van der Waals surface area contributed by atoms with Crippen LogP contribution in [-0.4, -0.2) is 38.5 Å². The molecule has 0 unspecified atom stereocenters. The summed E-state index contributed by atoms with van der Waals surface area (Å²) in [6, 6.07) is 11.9. The molecule has 1 atom stereocenters. The Balaban J connectivity index is 1.35. The average Bonchev–Trinajstić information content (AvgIpc) is 3.16. The van der Waals surface area contributed by atoms with E-state index < -0.39 is 0 Å². The normalized spacial score (nSPS) is 15.3. The molecule has 1 N–H and O–H groups in total. The third-order valence-electron chi connectivity index (χ3n) is 4.64. The Hall–Kier alpha value is -3.22. The molecule has 3 aromatic rings. The second-order valence-electron chi connectivity index (χ2n) is 6.45. The predicted octanol–water partition coefficient (Wildman–Crippen LogP) is 1.98. The summed E-state index contributed by atoms with van der Waals surface area (Å²) >= 11 is 0. The Morgan fingerprint density at radius 2 is 1.96 bits per heavy atom. The van der Waals surface area contributed by atoms with Crippen LogP contribution in [0.3, 0.4) is 0 Å². The third-order valence-corrected chi connectivity index (χ3v) is 4.64. The quantitative estimate of drug-likeness (QED) is 0.763. The number of amides is 1. The van der Waals surface area contributed by atoms with Crippen LogP contribution < -0.4 is 10.2 Å². The number of carbonyl (C=O) groups is 1. The summed E-state index contributed by atoms with van der Waals surface area (Å²) in [4.78, 5) is 27.1. The van der Waals surface area contributed by atoms with Gasteiger partial charge in [-0.2, -0.15) is 0 Å². The smallest absolute Gasteiger partial charge is 0.227 e. The molecule has 2 aromatic heterocycles. The largest absolute Gasteiger partial charge is 0.355 e. The second-order valence-corrected chi connectivity index (χ2v) is 6.45. The van der Waals surface area contributed by atoms with Gasteiger partial charge in [0, 0.05) is 31.5 Å². The highest BCUT2D eigenvalue weighted by molar-refractivity contribution is 5.82. The highest BCUT2D eigenvalue weighted by Crippen LogP contribution is 2.24. The number of hydrogen-bond acceptors (Lipinski definition) is 5. The fourth-order valence-corrected chi connectivity index (χ4v) is 3.03. The number of nitrogens with one attached hydrogen (secondary N) is 1. The van der Waals surface area contributed by atoms with Crippen molar-refractivity contribution in [2.75, 3.05) is 18.0 Å². The second kappa shape index (κ2) is 6.95. The third kappa shape index (κ3) is 3.28. The highest BCUT2D eigenvalue weighted by atomic mass is 16.2. The van der Waals surface area contributed by atoms with Crippen molar-refractivity contribution < 1.29 is 4.79 Å². The molecule has 1 aromatic carbocycles. The molecule has 0 bridgehead atoms.